The van der Waals surface area contributed by atoms with E-state index in [1.54, 1.807) is 12.1 Å². The van der Waals surface area contributed by atoms with Crippen molar-refractivity contribution >= 4 is 29.7 Å². The number of amides is 2. The molecule has 1 rings (SSSR count). The van der Waals surface area contributed by atoms with E-state index in [0.717, 1.165) is 5.56 Å². The summed E-state index contributed by atoms with van der Waals surface area (Å²) in [6.45, 7) is 0. The van der Waals surface area contributed by atoms with Gasteiger partial charge in [-0.05, 0) is 37.0 Å². The molecule has 0 fully saturated rings. The zero-order chi connectivity index (χ0) is 22.7. The second-order valence-electron chi connectivity index (χ2n) is 6.53. The predicted octanol–water partition coefficient (Wildman–Crippen LogP) is 0.542. The van der Waals surface area contributed by atoms with Gasteiger partial charge < -0.3 is 26.0 Å². The second kappa shape index (κ2) is 12.1. The molecule has 164 valence electrons. The van der Waals surface area contributed by atoms with Crippen LogP contribution in [0.3, 0.4) is 0 Å². The first-order valence-electron chi connectivity index (χ1n) is 9.09. The van der Waals surface area contributed by atoms with E-state index in [1.807, 2.05) is 0 Å². The summed E-state index contributed by atoms with van der Waals surface area (Å²) < 4.78 is 12.9. The van der Waals surface area contributed by atoms with Crippen molar-refractivity contribution in [3.8, 4) is 0 Å². The monoisotopic (exact) mass is 426 g/mol. The minimum Gasteiger partial charge on any atom is -0.481 e. The fourth-order valence-corrected chi connectivity index (χ4v) is 2.53. The minimum atomic E-state index is -1.57. The van der Waals surface area contributed by atoms with Crippen LogP contribution in [-0.2, 0) is 30.4 Å². The highest BCUT2D eigenvalue weighted by Gasteiger charge is 2.26. The Morgan fingerprint density at radius 3 is 1.93 bits per heavy atom. The van der Waals surface area contributed by atoms with E-state index in [9.17, 15) is 33.5 Å². The normalized spacial score (nSPS) is 12.4. The average Bonchev–Trinajstić information content (AvgIpc) is 2.65. The van der Waals surface area contributed by atoms with Crippen LogP contribution in [0.2, 0.25) is 0 Å². The van der Waals surface area contributed by atoms with Crippen molar-refractivity contribution in [3.63, 3.8) is 0 Å². The lowest BCUT2D eigenvalue weighted by atomic mass is 10.1. The Morgan fingerprint density at radius 2 is 1.40 bits per heavy atom. The smallest absolute Gasteiger partial charge is 0.326 e. The van der Waals surface area contributed by atoms with Gasteiger partial charge in [0.05, 0.1) is 6.42 Å². The average molecular weight is 426 g/mol. The van der Waals surface area contributed by atoms with E-state index >= 15 is 0 Å². The minimum absolute atomic E-state index is 0.0286. The molecule has 0 spiro atoms. The molecule has 0 aliphatic heterocycles. The first kappa shape index (κ1) is 24.5. The summed E-state index contributed by atoms with van der Waals surface area (Å²) in [7, 11) is 0. The van der Waals surface area contributed by atoms with Crippen molar-refractivity contribution in [1.82, 2.24) is 10.6 Å². The van der Waals surface area contributed by atoms with E-state index < -0.39 is 54.6 Å². The van der Waals surface area contributed by atoms with E-state index in [0.29, 0.717) is 12.8 Å². The van der Waals surface area contributed by atoms with Gasteiger partial charge in [-0.15, -0.1) is 0 Å². The number of benzene rings is 1. The standard InChI is InChI=1S/C19H23FN2O8/c20-12-6-4-11(5-7-12)2-1-3-15(23)22-14(19(29)30)10-16(24)21-13(18(27)28)8-9-17(25)26/h4-7,13-14H,1-3,8-10H2,(H,21,24)(H,22,23)(H,25,26)(H,27,28)(H,29,30). The quantitative estimate of drug-likeness (QED) is 0.304. The lowest BCUT2D eigenvalue weighted by Crippen LogP contribution is -2.47. The molecular formula is C19H23FN2O8. The largest absolute Gasteiger partial charge is 0.481 e. The molecule has 0 saturated heterocycles. The Balaban J connectivity index is 2.51. The Hall–Kier alpha value is -3.50. The van der Waals surface area contributed by atoms with Crippen LogP contribution in [0.4, 0.5) is 4.39 Å². The zero-order valence-corrected chi connectivity index (χ0v) is 16.0. The summed E-state index contributed by atoms with van der Waals surface area (Å²) in [4.78, 5) is 56.9. The van der Waals surface area contributed by atoms with Crippen molar-refractivity contribution in [2.24, 2.45) is 0 Å². The molecule has 0 aliphatic carbocycles. The summed E-state index contributed by atoms with van der Waals surface area (Å²) in [6.07, 6.45) is -0.772. The number of aryl methyl sites for hydroxylation is 1. The number of carbonyl (C=O) groups is 5. The van der Waals surface area contributed by atoms with Crippen LogP contribution >= 0.6 is 0 Å². The predicted molar refractivity (Wildman–Crippen MR) is 100.0 cm³/mol. The van der Waals surface area contributed by atoms with Crippen LogP contribution in [0.15, 0.2) is 24.3 Å². The van der Waals surface area contributed by atoms with E-state index in [4.69, 9.17) is 10.2 Å². The maximum absolute atomic E-state index is 12.9. The number of aliphatic carboxylic acids is 3. The first-order valence-corrected chi connectivity index (χ1v) is 9.09. The van der Waals surface area contributed by atoms with Gasteiger partial charge in [0.2, 0.25) is 11.8 Å². The van der Waals surface area contributed by atoms with Gasteiger partial charge in [-0.1, -0.05) is 12.1 Å². The molecule has 0 radical (unpaired) electrons. The molecule has 1 aromatic carbocycles. The SMILES string of the molecule is O=C(O)CCC(NC(=O)CC(NC(=O)CCCc1ccc(F)cc1)C(=O)O)C(=O)O. The van der Waals surface area contributed by atoms with Gasteiger partial charge in [0, 0.05) is 12.8 Å². The Kier molecular flexibility index (Phi) is 9.93. The highest BCUT2D eigenvalue weighted by atomic mass is 19.1. The van der Waals surface area contributed by atoms with Crippen molar-refractivity contribution in [2.75, 3.05) is 0 Å². The van der Waals surface area contributed by atoms with Crippen LogP contribution in [0, 0.1) is 5.82 Å². The molecule has 2 unspecified atom stereocenters. The third kappa shape index (κ3) is 9.62. The van der Waals surface area contributed by atoms with E-state index in [1.165, 1.54) is 12.1 Å². The molecule has 0 saturated carbocycles. The summed E-state index contributed by atoms with van der Waals surface area (Å²) >= 11 is 0. The highest BCUT2D eigenvalue weighted by Crippen LogP contribution is 2.07. The van der Waals surface area contributed by atoms with Gasteiger partial charge in [0.15, 0.2) is 0 Å². The van der Waals surface area contributed by atoms with Crippen LogP contribution in [0.25, 0.3) is 0 Å². The molecule has 0 heterocycles. The zero-order valence-electron chi connectivity index (χ0n) is 16.0. The van der Waals surface area contributed by atoms with Gasteiger partial charge in [-0.3, -0.25) is 14.4 Å². The van der Waals surface area contributed by atoms with Crippen molar-refractivity contribution in [1.29, 1.82) is 0 Å². The molecule has 1 aromatic rings. The van der Waals surface area contributed by atoms with Gasteiger partial charge in [0.25, 0.3) is 0 Å². The molecule has 0 aromatic heterocycles. The third-order valence-corrected chi connectivity index (χ3v) is 4.09. The number of carbonyl (C=O) groups excluding carboxylic acids is 2. The molecule has 10 nitrogen and oxygen atoms in total. The van der Waals surface area contributed by atoms with Gasteiger partial charge in [0.1, 0.15) is 17.9 Å². The maximum Gasteiger partial charge on any atom is 0.326 e. The van der Waals surface area contributed by atoms with Crippen molar-refractivity contribution < 1.29 is 43.7 Å². The summed E-state index contributed by atoms with van der Waals surface area (Å²) in [5.41, 5.74) is 0.805. The molecule has 2 atom stereocenters. The fourth-order valence-electron chi connectivity index (χ4n) is 2.53. The van der Waals surface area contributed by atoms with Gasteiger partial charge in [-0.25, -0.2) is 14.0 Å². The Morgan fingerprint density at radius 1 is 0.833 bits per heavy atom. The van der Waals surface area contributed by atoms with Crippen molar-refractivity contribution in [2.45, 2.75) is 50.6 Å². The topological polar surface area (TPSA) is 170 Å². The summed E-state index contributed by atoms with van der Waals surface area (Å²) in [5, 5.41) is 31.1. The Labute approximate surface area is 171 Å². The van der Waals surface area contributed by atoms with Crippen LogP contribution in [-0.4, -0.2) is 57.1 Å². The van der Waals surface area contributed by atoms with Crippen molar-refractivity contribution in [3.05, 3.63) is 35.6 Å². The molecule has 11 heteroatoms. The first-order chi connectivity index (χ1) is 14.1. The van der Waals surface area contributed by atoms with Gasteiger partial charge >= 0.3 is 17.9 Å². The number of rotatable bonds is 13. The number of carboxylic acid groups (broad SMARTS) is 3. The fraction of sp³-hybridized carbons (Fsp3) is 0.421. The van der Waals surface area contributed by atoms with Gasteiger partial charge in [-0.2, -0.15) is 0 Å². The maximum atomic E-state index is 12.9. The molecule has 30 heavy (non-hydrogen) atoms. The number of hydrogen-bond acceptors (Lipinski definition) is 5. The van der Waals surface area contributed by atoms with Crippen LogP contribution in [0.5, 0.6) is 0 Å². The molecule has 0 bridgehead atoms. The summed E-state index contributed by atoms with van der Waals surface area (Å²) in [5.74, 6) is -6.13. The van der Waals surface area contributed by atoms with E-state index in [-0.39, 0.29) is 18.7 Å². The summed E-state index contributed by atoms with van der Waals surface area (Å²) in [6, 6.07) is 2.65. The highest BCUT2D eigenvalue weighted by molar-refractivity contribution is 5.90. The molecular weight excluding hydrogens is 403 g/mol. The number of carboxylic acids is 3. The number of nitrogens with one attached hydrogen (secondary N) is 2. The van der Waals surface area contributed by atoms with E-state index in [2.05, 4.69) is 10.6 Å². The molecule has 0 aliphatic rings. The lowest BCUT2D eigenvalue weighted by molar-refractivity contribution is -0.145. The van der Waals surface area contributed by atoms with Crippen LogP contribution < -0.4 is 10.6 Å². The second-order valence-corrected chi connectivity index (χ2v) is 6.53. The van der Waals surface area contributed by atoms with Crippen LogP contribution in [0.1, 0.15) is 37.7 Å². The molecule has 2 amide bonds. The molecule has 5 N–H and O–H groups in total. The Bertz CT molecular complexity index is 781. The number of hydrogen-bond donors (Lipinski definition) is 5. The third-order valence-electron chi connectivity index (χ3n) is 4.09. The number of halogens is 1. The lowest BCUT2D eigenvalue weighted by Gasteiger charge is -2.17.